The number of amidine groups is 1. The van der Waals surface area contributed by atoms with E-state index in [9.17, 15) is 4.79 Å². The molecule has 184 valence electrons. The van der Waals surface area contributed by atoms with Gasteiger partial charge in [-0.2, -0.15) is 0 Å². The molecule has 0 saturated carbocycles. The van der Waals surface area contributed by atoms with E-state index in [-0.39, 0.29) is 23.6 Å². The van der Waals surface area contributed by atoms with Gasteiger partial charge in [0.1, 0.15) is 11.7 Å². The number of aromatic nitrogens is 2. The number of fused-ring (bicyclic) bond motifs is 1. The van der Waals surface area contributed by atoms with E-state index in [1.54, 1.807) is 18.2 Å². The van der Waals surface area contributed by atoms with Gasteiger partial charge < -0.3 is 4.90 Å². The van der Waals surface area contributed by atoms with Crippen molar-refractivity contribution in [1.29, 1.82) is 0 Å². The molecule has 0 bridgehead atoms. The standard InChI is InChI=1S/C30H31ClN4O/c1-19(2)27(34-17-21(4)32-28(34)23-12-10-20(3)11-13-23)29-33-26-16-24(31)14-15-25(26)30(36)35(29)18-22-8-6-5-7-9-22/h5-16,19,21,27H,17-18H2,1-4H3/t21-,27?/m0/s1. The molecule has 0 aliphatic carbocycles. The van der Waals surface area contributed by atoms with Gasteiger partial charge in [0, 0.05) is 17.1 Å². The Kier molecular flexibility index (Phi) is 6.67. The lowest BCUT2D eigenvalue weighted by molar-refractivity contribution is 0.242. The normalized spacial score (nSPS) is 16.6. The molecule has 1 aromatic heterocycles. The monoisotopic (exact) mass is 498 g/mol. The van der Waals surface area contributed by atoms with Gasteiger partial charge in [0.05, 0.1) is 29.5 Å². The fourth-order valence-corrected chi connectivity index (χ4v) is 5.20. The van der Waals surface area contributed by atoms with E-state index in [1.807, 2.05) is 34.9 Å². The summed E-state index contributed by atoms with van der Waals surface area (Å²) in [5, 5.41) is 1.14. The van der Waals surface area contributed by atoms with Crippen LogP contribution in [0.1, 0.15) is 49.3 Å². The highest BCUT2D eigenvalue weighted by Gasteiger charge is 2.35. The third-order valence-electron chi connectivity index (χ3n) is 6.75. The number of hydrogen-bond acceptors (Lipinski definition) is 4. The lowest BCUT2D eigenvalue weighted by atomic mass is 9.99. The molecule has 5 rings (SSSR count). The van der Waals surface area contributed by atoms with Gasteiger partial charge in [-0.05, 0) is 43.5 Å². The molecular formula is C30H31ClN4O. The summed E-state index contributed by atoms with van der Waals surface area (Å²) in [5.74, 6) is 1.87. The van der Waals surface area contributed by atoms with Crippen molar-refractivity contribution < 1.29 is 0 Å². The van der Waals surface area contributed by atoms with E-state index in [1.165, 1.54) is 5.56 Å². The zero-order chi connectivity index (χ0) is 25.4. The van der Waals surface area contributed by atoms with E-state index in [0.717, 1.165) is 29.3 Å². The lowest BCUT2D eigenvalue weighted by Gasteiger charge is -2.35. The zero-order valence-corrected chi connectivity index (χ0v) is 21.9. The van der Waals surface area contributed by atoms with Crippen molar-refractivity contribution in [2.75, 3.05) is 6.54 Å². The summed E-state index contributed by atoms with van der Waals surface area (Å²) in [6, 6.07) is 23.9. The van der Waals surface area contributed by atoms with Crippen molar-refractivity contribution in [3.63, 3.8) is 0 Å². The van der Waals surface area contributed by atoms with Crippen molar-refractivity contribution >= 4 is 28.3 Å². The van der Waals surface area contributed by atoms with Crippen molar-refractivity contribution in [3.05, 3.63) is 111 Å². The van der Waals surface area contributed by atoms with E-state index >= 15 is 0 Å². The number of aliphatic imine (C=N–C) groups is 1. The van der Waals surface area contributed by atoms with Crippen LogP contribution < -0.4 is 5.56 Å². The zero-order valence-electron chi connectivity index (χ0n) is 21.1. The quantitative estimate of drug-likeness (QED) is 0.315. The molecule has 6 heteroatoms. The first-order chi connectivity index (χ1) is 17.3. The van der Waals surface area contributed by atoms with Gasteiger partial charge >= 0.3 is 0 Å². The fraction of sp³-hybridized carbons (Fsp3) is 0.300. The Morgan fingerprint density at radius 1 is 1.03 bits per heavy atom. The van der Waals surface area contributed by atoms with Gasteiger partial charge in [-0.15, -0.1) is 0 Å². The first-order valence-corrected chi connectivity index (χ1v) is 12.8. The van der Waals surface area contributed by atoms with Gasteiger partial charge in [0.15, 0.2) is 0 Å². The van der Waals surface area contributed by atoms with Gasteiger partial charge in [0.2, 0.25) is 0 Å². The van der Waals surface area contributed by atoms with Crippen LogP contribution in [0, 0.1) is 12.8 Å². The molecule has 36 heavy (non-hydrogen) atoms. The third kappa shape index (κ3) is 4.68. The number of aryl methyl sites for hydroxylation is 1. The number of nitrogens with zero attached hydrogens (tertiary/aromatic N) is 4. The molecular weight excluding hydrogens is 468 g/mol. The van der Waals surface area contributed by atoms with E-state index in [4.69, 9.17) is 21.6 Å². The number of hydrogen-bond donors (Lipinski definition) is 0. The maximum atomic E-state index is 13.9. The maximum absolute atomic E-state index is 13.9. The largest absolute Gasteiger partial charge is 0.344 e. The molecule has 5 nitrogen and oxygen atoms in total. The first kappa shape index (κ1) is 24.3. The Morgan fingerprint density at radius 2 is 1.75 bits per heavy atom. The van der Waals surface area contributed by atoms with Crippen LogP contribution in [0.5, 0.6) is 0 Å². The Morgan fingerprint density at radius 3 is 2.44 bits per heavy atom. The van der Waals surface area contributed by atoms with Gasteiger partial charge in [-0.1, -0.05) is 85.6 Å². The van der Waals surface area contributed by atoms with Crippen molar-refractivity contribution in [2.45, 2.75) is 46.3 Å². The smallest absolute Gasteiger partial charge is 0.261 e. The molecule has 0 radical (unpaired) electrons. The minimum Gasteiger partial charge on any atom is -0.344 e. The van der Waals surface area contributed by atoms with Crippen LogP contribution in [-0.4, -0.2) is 32.9 Å². The predicted octanol–water partition coefficient (Wildman–Crippen LogP) is 6.25. The predicted molar refractivity (Wildman–Crippen MR) is 148 cm³/mol. The topological polar surface area (TPSA) is 50.5 Å². The lowest BCUT2D eigenvalue weighted by Crippen LogP contribution is -2.40. The summed E-state index contributed by atoms with van der Waals surface area (Å²) < 4.78 is 1.84. The van der Waals surface area contributed by atoms with Crippen LogP contribution in [0.4, 0.5) is 0 Å². The van der Waals surface area contributed by atoms with Crippen LogP contribution in [0.3, 0.4) is 0 Å². The maximum Gasteiger partial charge on any atom is 0.261 e. The summed E-state index contributed by atoms with van der Waals surface area (Å²) in [7, 11) is 0. The highest BCUT2D eigenvalue weighted by Crippen LogP contribution is 2.33. The first-order valence-electron chi connectivity index (χ1n) is 12.5. The summed E-state index contributed by atoms with van der Waals surface area (Å²) in [6.45, 7) is 9.80. The number of halogens is 1. The second-order valence-electron chi connectivity index (χ2n) is 10.0. The third-order valence-corrected chi connectivity index (χ3v) is 6.98. The number of rotatable bonds is 6. The van der Waals surface area contributed by atoms with Gasteiger partial charge in [-0.25, -0.2) is 4.98 Å². The molecule has 1 aliphatic rings. The molecule has 0 spiro atoms. The molecule has 1 aliphatic heterocycles. The minimum atomic E-state index is -0.144. The fourth-order valence-electron chi connectivity index (χ4n) is 5.04. The molecule has 0 saturated heterocycles. The molecule has 4 aromatic rings. The van der Waals surface area contributed by atoms with Crippen LogP contribution in [-0.2, 0) is 6.54 Å². The second kappa shape index (κ2) is 9.90. The Balaban J connectivity index is 1.70. The van der Waals surface area contributed by atoms with Crippen LogP contribution in [0.25, 0.3) is 10.9 Å². The van der Waals surface area contributed by atoms with Crippen LogP contribution in [0.2, 0.25) is 5.02 Å². The Bertz CT molecular complexity index is 1480. The minimum absolute atomic E-state index is 0.0535. The summed E-state index contributed by atoms with van der Waals surface area (Å²) in [6.07, 6.45) is 0. The Hall–Kier alpha value is -3.44. The van der Waals surface area contributed by atoms with E-state index < -0.39 is 0 Å². The van der Waals surface area contributed by atoms with Gasteiger partial charge in [-0.3, -0.25) is 14.4 Å². The molecule has 2 heterocycles. The van der Waals surface area contributed by atoms with Crippen LogP contribution in [0.15, 0.2) is 82.6 Å². The molecule has 1 unspecified atom stereocenters. The average molecular weight is 499 g/mol. The molecule has 3 aromatic carbocycles. The molecule has 0 amide bonds. The summed E-state index contributed by atoms with van der Waals surface area (Å²) >= 11 is 6.32. The van der Waals surface area contributed by atoms with Crippen molar-refractivity contribution in [3.8, 4) is 0 Å². The molecule has 0 N–H and O–H groups in total. The Labute approximate surface area is 217 Å². The molecule has 2 atom stereocenters. The number of benzene rings is 3. The second-order valence-corrected chi connectivity index (χ2v) is 10.5. The summed E-state index contributed by atoms with van der Waals surface area (Å²) in [5.41, 5.74) is 3.92. The summed E-state index contributed by atoms with van der Waals surface area (Å²) in [4.78, 5) is 26.4. The van der Waals surface area contributed by atoms with Crippen LogP contribution >= 0.6 is 11.6 Å². The molecule has 0 fully saturated rings. The van der Waals surface area contributed by atoms with Gasteiger partial charge in [0.25, 0.3) is 5.56 Å². The highest BCUT2D eigenvalue weighted by molar-refractivity contribution is 6.31. The van der Waals surface area contributed by atoms with Crippen molar-refractivity contribution in [1.82, 2.24) is 14.5 Å². The van der Waals surface area contributed by atoms with Crippen molar-refractivity contribution in [2.24, 2.45) is 10.9 Å². The van der Waals surface area contributed by atoms with E-state index in [2.05, 4.69) is 56.9 Å². The average Bonchev–Trinajstić information content (AvgIpc) is 3.23. The highest BCUT2D eigenvalue weighted by atomic mass is 35.5. The SMILES string of the molecule is Cc1ccc(C2=N[C@@H](C)CN2C(c2nc3cc(Cl)ccc3c(=O)n2Cc2ccccc2)C(C)C)cc1. The van der Waals surface area contributed by atoms with E-state index in [0.29, 0.717) is 22.5 Å².